The molecule has 0 spiro atoms. The van der Waals surface area contributed by atoms with Crippen molar-refractivity contribution in [2.24, 2.45) is 11.7 Å². The van der Waals surface area contributed by atoms with Gasteiger partial charge in [-0.2, -0.15) is 0 Å². The van der Waals surface area contributed by atoms with Crippen molar-refractivity contribution in [3.8, 4) is 5.75 Å². The first-order valence-electron chi connectivity index (χ1n) is 8.66. The Morgan fingerprint density at radius 1 is 1.44 bits per heavy atom. The molecule has 10 heteroatoms. The van der Waals surface area contributed by atoms with E-state index >= 15 is 0 Å². The van der Waals surface area contributed by atoms with Gasteiger partial charge in [0.1, 0.15) is 0 Å². The van der Waals surface area contributed by atoms with E-state index in [2.05, 4.69) is 5.32 Å². The lowest BCUT2D eigenvalue weighted by atomic mass is 9.96. The highest BCUT2D eigenvalue weighted by molar-refractivity contribution is 5.95. The number of likely N-dealkylation sites (tertiary alicyclic amines) is 1. The number of hydrogen-bond donors (Lipinski definition) is 2. The fraction of sp³-hybridized carbons (Fsp3) is 0.529. The third-order valence-electron chi connectivity index (χ3n) is 4.23. The molecule has 1 fully saturated rings. The van der Waals surface area contributed by atoms with Crippen LogP contribution in [0.1, 0.15) is 30.1 Å². The quantitative estimate of drug-likeness (QED) is 0.525. The number of benzene rings is 1. The Kier molecular flexibility index (Phi) is 8.96. The maximum atomic E-state index is 12.7. The Hall–Kier alpha value is -2.39. The van der Waals surface area contributed by atoms with Gasteiger partial charge in [-0.1, -0.05) is 0 Å². The molecular formula is C17H25ClN4O5. The van der Waals surface area contributed by atoms with Gasteiger partial charge in [-0.15, -0.1) is 12.4 Å². The molecule has 1 aliphatic rings. The number of nitro benzene ring substituents is 1. The Morgan fingerprint density at radius 3 is 2.81 bits per heavy atom. The number of nitrogens with zero attached hydrogens (tertiary/aromatic N) is 2. The van der Waals surface area contributed by atoms with Gasteiger partial charge in [0.25, 0.3) is 5.91 Å². The molecule has 1 aromatic carbocycles. The first-order chi connectivity index (χ1) is 12.5. The Labute approximate surface area is 163 Å². The molecule has 2 rings (SSSR count). The van der Waals surface area contributed by atoms with E-state index < -0.39 is 4.92 Å². The molecule has 1 aliphatic heterocycles. The number of carbonyl (C=O) groups excluding carboxylic acids is 2. The summed E-state index contributed by atoms with van der Waals surface area (Å²) in [5.74, 6) is -0.609. The molecule has 9 nitrogen and oxygen atoms in total. The molecule has 0 saturated carbocycles. The third-order valence-corrected chi connectivity index (χ3v) is 4.23. The summed E-state index contributed by atoms with van der Waals surface area (Å²) in [6.45, 7) is 3.58. The minimum Gasteiger partial charge on any atom is -0.487 e. The van der Waals surface area contributed by atoms with Crippen molar-refractivity contribution in [2.75, 3.05) is 32.8 Å². The van der Waals surface area contributed by atoms with Crippen LogP contribution in [-0.2, 0) is 4.79 Å². The standard InChI is InChI=1S/C17H24N4O5.ClH/c1-2-26-15-6-5-12(10-14(15)21(24)25)17(23)20-9-3-4-13(11-20)16(22)19-8-7-18;/h5-6,10,13H,2-4,7-9,11,18H2,1H3,(H,19,22);1H. The Balaban J connectivity index is 0.00000364. The number of halogens is 1. The first-order valence-corrected chi connectivity index (χ1v) is 8.66. The number of piperidine rings is 1. The van der Waals surface area contributed by atoms with Gasteiger partial charge in [-0.05, 0) is 31.9 Å². The molecule has 0 aromatic heterocycles. The second-order valence-corrected chi connectivity index (χ2v) is 6.04. The molecule has 1 unspecified atom stereocenters. The SMILES string of the molecule is CCOc1ccc(C(=O)N2CCCC(C(=O)NCCN)C2)cc1[N+](=O)[O-].Cl. The van der Waals surface area contributed by atoms with E-state index in [9.17, 15) is 19.7 Å². The number of carbonyl (C=O) groups is 2. The number of amides is 2. The third kappa shape index (κ3) is 5.80. The summed E-state index contributed by atoms with van der Waals surface area (Å²) in [5.41, 5.74) is 5.35. The molecule has 0 radical (unpaired) electrons. The molecule has 3 N–H and O–H groups in total. The van der Waals surface area contributed by atoms with Gasteiger partial charge in [0, 0.05) is 37.8 Å². The summed E-state index contributed by atoms with van der Waals surface area (Å²) in [7, 11) is 0. The van der Waals surface area contributed by atoms with E-state index in [-0.39, 0.29) is 53.7 Å². The predicted molar refractivity (Wildman–Crippen MR) is 102 cm³/mol. The van der Waals surface area contributed by atoms with Crippen LogP contribution in [0, 0.1) is 16.0 Å². The van der Waals surface area contributed by atoms with Crippen molar-refractivity contribution in [3.05, 3.63) is 33.9 Å². The monoisotopic (exact) mass is 400 g/mol. The zero-order valence-electron chi connectivity index (χ0n) is 15.2. The van der Waals surface area contributed by atoms with Crippen molar-refractivity contribution >= 4 is 29.9 Å². The highest BCUT2D eigenvalue weighted by Crippen LogP contribution is 2.29. The molecule has 1 atom stereocenters. The maximum Gasteiger partial charge on any atom is 0.311 e. The molecule has 27 heavy (non-hydrogen) atoms. The number of nitro groups is 1. The summed E-state index contributed by atoms with van der Waals surface area (Å²) in [6.07, 6.45) is 1.40. The topological polar surface area (TPSA) is 128 Å². The van der Waals surface area contributed by atoms with Crippen LogP contribution in [-0.4, -0.2) is 54.4 Å². The number of nitrogens with one attached hydrogen (secondary N) is 1. The summed E-state index contributed by atoms with van der Waals surface area (Å²) in [5, 5.41) is 14.0. The number of nitrogens with two attached hydrogens (primary N) is 1. The van der Waals surface area contributed by atoms with Crippen LogP contribution in [0.25, 0.3) is 0 Å². The van der Waals surface area contributed by atoms with Gasteiger partial charge in [-0.3, -0.25) is 19.7 Å². The number of rotatable bonds is 7. The van der Waals surface area contributed by atoms with Crippen molar-refractivity contribution in [3.63, 3.8) is 0 Å². The van der Waals surface area contributed by atoms with Crippen LogP contribution < -0.4 is 15.8 Å². The van der Waals surface area contributed by atoms with Crippen LogP contribution >= 0.6 is 12.4 Å². The minimum atomic E-state index is -0.568. The van der Waals surface area contributed by atoms with E-state index in [1.54, 1.807) is 11.8 Å². The van der Waals surface area contributed by atoms with Crippen molar-refractivity contribution < 1.29 is 19.2 Å². The van der Waals surface area contributed by atoms with E-state index in [0.29, 0.717) is 39.1 Å². The fourth-order valence-electron chi connectivity index (χ4n) is 2.97. The van der Waals surface area contributed by atoms with Gasteiger partial charge in [-0.25, -0.2) is 0 Å². The van der Waals surface area contributed by atoms with E-state index in [1.165, 1.54) is 18.2 Å². The van der Waals surface area contributed by atoms with Gasteiger partial charge in [0.15, 0.2) is 5.75 Å². The van der Waals surface area contributed by atoms with Crippen LogP contribution in [0.5, 0.6) is 5.75 Å². The minimum absolute atomic E-state index is 0. The average Bonchev–Trinajstić information content (AvgIpc) is 2.66. The number of ether oxygens (including phenoxy) is 1. The van der Waals surface area contributed by atoms with Crippen molar-refractivity contribution in [2.45, 2.75) is 19.8 Å². The van der Waals surface area contributed by atoms with Crippen LogP contribution in [0.4, 0.5) is 5.69 Å². The normalized spacial score (nSPS) is 16.2. The lowest BCUT2D eigenvalue weighted by Crippen LogP contribution is -2.46. The number of hydrogen-bond acceptors (Lipinski definition) is 6. The highest BCUT2D eigenvalue weighted by Gasteiger charge is 2.29. The van der Waals surface area contributed by atoms with E-state index in [1.807, 2.05) is 0 Å². The molecule has 1 heterocycles. The fourth-order valence-corrected chi connectivity index (χ4v) is 2.97. The molecule has 0 bridgehead atoms. The highest BCUT2D eigenvalue weighted by atomic mass is 35.5. The predicted octanol–water partition coefficient (Wildman–Crippen LogP) is 1.34. The summed E-state index contributed by atoms with van der Waals surface area (Å²) in [4.78, 5) is 37.1. The summed E-state index contributed by atoms with van der Waals surface area (Å²) >= 11 is 0. The lowest BCUT2D eigenvalue weighted by Gasteiger charge is -2.32. The lowest BCUT2D eigenvalue weighted by molar-refractivity contribution is -0.385. The van der Waals surface area contributed by atoms with Gasteiger partial charge >= 0.3 is 5.69 Å². The zero-order valence-corrected chi connectivity index (χ0v) is 16.0. The molecule has 150 valence electrons. The summed E-state index contributed by atoms with van der Waals surface area (Å²) in [6, 6.07) is 4.17. The van der Waals surface area contributed by atoms with Gasteiger partial charge in [0.2, 0.25) is 5.91 Å². The van der Waals surface area contributed by atoms with Crippen LogP contribution in [0.3, 0.4) is 0 Å². The second-order valence-electron chi connectivity index (χ2n) is 6.04. The van der Waals surface area contributed by atoms with E-state index in [4.69, 9.17) is 10.5 Å². The smallest absolute Gasteiger partial charge is 0.311 e. The second kappa shape index (κ2) is 10.7. The van der Waals surface area contributed by atoms with Crippen molar-refractivity contribution in [1.29, 1.82) is 0 Å². The molecule has 0 aliphatic carbocycles. The summed E-state index contributed by atoms with van der Waals surface area (Å²) < 4.78 is 5.23. The van der Waals surface area contributed by atoms with Crippen molar-refractivity contribution in [1.82, 2.24) is 10.2 Å². The average molecular weight is 401 g/mol. The molecule has 1 saturated heterocycles. The first kappa shape index (κ1) is 22.7. The zero-order chi connectivity index (χ0) is 19.1. The van der Waals surface area contributed by atoms with Crippen LogP contribution in [0.2, 0.25) is 0 Å². The molecule has 2 amide bonds. The Morgan fingerprint density at radius 2 is 2.19 bits per heavy atom. The molecule has 1 aromatic rings. The Bertz CT molecular complexity index is 685. The van der Waals surface area contributed by atoms with E-state index in [0.717, 1.165) is 0 Å². The maximum absolute atomic E-state index is 12.7. The molecular weight excluding hydrogens is 376 g/mol. The van der Waals surface area contributed by atoms with Gasteiger partial charge < -0.3 is 20.7 Å². The van der Waals surface area contributed by atoms with Crippen LogP contribution in [0.15, 0.2) is 18.2 Å². The van der Waals surface area contributed by atoms with Gasteiger partial charge in [0.05, 0.1) is 17.4 Å². The largest absolute Gasteiger partial charge is 0.487 e.